The minimum Gasteiger partial charge on any atom is -0.393 e. The summed E-state index contributed by atoms with van der Waals surface area (Å²) in [5, 5.41) is 10.1. The maximum Gasteiger partial charge on any atom is 0.0579 e. The van der Waals surface area contributed by atoms with Gasteiger partial charge in [0.2, 0.25) is 0 Å². The molecule has 0 bridgehead atoms. The van der Waals surface area contributed by atoms with E-state index in [0.717, 1.165) is 12.3 Å². The highest BCUT2D eigenvalue weighted by atomic mass is 32.2. The van der Waals surface area contributed by atoms with Crippen molar-refractivity contribution in [1.82, 2.24) is 0 Å². The first kappa shape index (κ1) is 10.6. The highest BCUT2D eigenvalue weighted by Gasteiger charge is 2.24. The number of aliphatic hydroxyl groups is 1. The minimum absolute atomic E-state index is 0.0345. The first-order valence-electron chi connectivity index (χ1n) is 5.77. The molecule has 1 fully saturated rings. The standard InChI is InChI=1S/C12H20OS/c13-12(8-10-4-1-2-5-10)11-6-3-7-14-9-11/h1-2,10-13H,3-9H2. The monoisotopic (exact) mass is 212 g/mol. The molecule has 0 spiro atoms. The molecule has 1 saturated heterocycles. The van der Waals surface area contributed by atoms with Crippen LogP contribution in [-0.4, -0.2) is 22.7 Å². The average molecular weight is 212 g/mol. The van der Waals surface area contributed by atoms with Gasteiger partial charge in [-0.05, 0) is 55.4 Å². The van der Waals surface area contributed by atoms with Crippen LogP contribution >= 0.6 is 11.8 Å². The van der Waals surface area contributed by atoms with Gasteiger partial charge in [-0.3, -0.25) is 0 Å². The van der Waals surface area contributed by atoms with E-state index in [0.29, 0.717) is 5.92 Å². The Balaban J connectivity index is 1.73. The van der Waals surface area contributed by atoms with Crippen molar-refractivity contribution in [2.24, 2.45) is 11.8 Å². The van der Waals surface area contributed by atoms with Crippen molar-refractivity contribution in [3.63, 3.8) is 0 Å². The molecule has 80 valence electrons. The third-order valence-electron chi connectivity index (χ3n) is 3.42. The fourth-order valence-electron chi connectivity index (χ4n) is 2.47. The lowest BCUT2D eigenvalue weighted by atomic mass is 9.90. The average Bonchev–Trinajstić information content (AvgIpc) is 2.72. The van der Waals surface area contributed by atoms with Gasteiger partial charge in [-0.1, -0.05) is 12.2 Å². The Hall–Kier alpha value is 0.0500. The lowest BCUT2D eigenvalue weighted by Crippen LogP contribution is -2.27. The predicted molar refractivity (Wildman–Crippen MR) is 62.5 cm³/mol. The Kier molecular flexibility index (Phi) is 3.94. The van der Waals surface area contributed by atoms with Crippen LogP contribution in [0.4, 0.5) is 0 Å². The molecule has 2 heteroatoms. The number of hydrogen-bond donors (Lipinski definition) is 1. The third kappa shape index (κ3) is 2.77. The second-order valence-corrected chi connectivity index (χ2v) is 5.74. The van der Waals surface area contributed by atoms with Crippen LogP contribution in [0.3, 0.4) is 0 Å². The molecule has 0 aromatic heterocycles. The van der Waals surface area contributed by atoms with E-state index in [4.69, 9.17) is 0 Å². The molecule has 1 nitrogen and oxygen atoms in total. The normalized spacial score (nSPS) is 30.8. The van der Waals surface area contributed by atoms with Gasteiger partial charge < -0.3 is 5.11 Å². The molecule has 0 amide bonds. The van der Waals surface area contributed by atoms with Gasteiger partial charge in [-0.15, -0.1) is 0 Å². The Bertz CT molecular complexity index is 188. The van der Waals surface area contributed by atoms with Gasteiger partial charge >= 0.3 is 0 Å². The molecule has 1 aliphatic heterocycles. The fraction of sp³-hybridized carbons (Fsp3) is 0.833. The predicted octanol–water partition coefficient (Wildman–Crippen LogP) is 2.85. The number of thioether (sulfide) groups is 1. The maximum atomic E-state index is 10.1. The third-order valence-corrected chi connectivity index (χ3v) is 4.66. The Morgan fingerprint density at radius 3 is 2.79 bits per heavy atom. The lowest BCUT2D eigenvalue weighted by molar-refractivity contribution is 0.0877. The van der Waals surface area contributed by atoms with Gasteiger partial charge in [0.05, 0.1) is 6.10 Å². The van der Waals surface area contributed by atoms with E-state index in [1.165, 1.54) is 37.2 Å². The van der Waals surface area contributed by atoms with Crippen LogP contribution in [0.5, 0.6) is 0 Å². The summed E-state index contributed by atoms with van der Waals surface area (Å²) >= 11 is 2.01. The summed E-state index contributed by atoms with van der Waals surface area (Å²) in [6, 6.07) is 0. The van der Waals surface area contributed by atoms with Crippen LogP contribution in [-0.2, 0) is 0 Å². The van der Waals surface area contributed by atoms with Crippen molar-refractivity contribution in [2.45, 2.75) is 38.2 Å². The second kappa shape index (κ2) is 5.22. The van der Waals surface area contributed by atoms with Crippen molar-refractivity contribution in [1.29, 1.82) is 0 Å². The summed E-state index contributed by atoms with van der Waals surface area (Å²) < 4.78 is 0. The molecule has 1 aliphatic carbocycles. The fourth-order valence-corrected chi connectivity index (χ4v) is 3.70. The first-order chi connectivity index (χ1) is 6.86. The molecule has 1 N–H and O–H groups in total. The van der Waals surface area contributed by atoms with E-state index < -0.39 is 0 Å². The van der Waals surface area contributed by atoms with Crippen LogP contribution < -0.4 is 0 Å². The van der Waals surface area contributed by atoms with Crippen molar-refractivity contribution in [3.05, 3.63) is 12.2 Å². The molecule has 2 unspecified atom stereocenters. The van der Waals surface area contributed by atoms with E-state index in [2.05, 4.69) is 12.2 Å². The van der Waals surface area contributed by atoms with E-state index in [9.17, 15) is 5.11 Å². The van der Waals surface area contributed by atoms with Crippen molar-refractivity contribution in [3.8, 4) is 0 Å². The zero-order valence-electron chi connectivity index (χ0n) is 8.69. The van der Waals surface area contributed by atoms with Gasteiger partial charge in [0.15, 0.2) is 0 Å². The topological polar surface area (TPSA) is 20.2 Å². The van der Waals surface area contributed by atoms with Gasteiger partial charge in [-0.2, -0.15) is 11.8 Å². The molecule has 2 aliphatic rings. The van der Waals surface area contributed by atoms with E-state index >= 15 is 0 Å². The van der Waals surface area contributed by atoms with Gasteiger partial charge in [0.1, 0.15) is 0 Å². The molecule has 2 atom stereocenters. The van der Waals surface area contributed by atoms with Gasteiger partial charge in [-0.25, -0.2) is 0 Å². The molecule has 1 heterocycles. The van der Waals surface area contributed by atoms with Crippen molar-refractivity contribution in [2.75, 3.05) is 11.5 Å². The Morgan fingerprint density at radius 1 is 1.36 bits per heavy atom. The SMILES string of the molecule is OC(CC1CC=CC1)C1CCCSC1. The molecule has 0 aromatic rings. The van der Waals surface area contributed by atoms with Crippen LogP contribution in [0.2, 0.25) is 0 Å². The summed E-state index contributed by atoms with van der Waals surface area (Å²) in [7, 11) is 0. The maximum absolute atomic E-state index is 10.1. The molecule has 14 heavy (non-hydrogen) atoms. The second-order valence-electron chi connectivity index (χ2n) is 4.59. The van der Waals surface area contributed by atoms with Crippen LogP contribution in [0, 0.1) is 11.8 Å². The van der Waals surface area contributed by atoms with Gasteiger partial charge in [0, 0.05) is 0 Å². The van der Waals surface area contributed by atoms with E-state index in [-0.39, 0.29) is 6.10 Å². The quantitative estimate of drug-likeness (QED) is 0.726. The van der Waals surface area contributed by atoms with Gasteiger partial charge in [0.25, 0.3) is 0 Å². The van der Waals surface area contributed by atoms with Crippen molar-refractivity contribution < 1.29 is 5.11 Å². The summed E-state index contributed by atoms with van der Waals surface area (Å²) in [6.45, 7) is 0. The molecule has 2 rings (SSSR count). The summed E-state index contributed by atoms with van der Waals surface area (Å²) in [5.41, 5.74) is 0. The number of aliphatic hydroxyl groups excluding tert-OH is 1. The summed E-state index contributed by atoms with van der Waals surface area (Å²) in [6.07, 6.45) is 10.4. The van der Waals surface area contributed by atoms with Crippen LogP contribution in [0.25, 0.3) is 0 Å². The van der Waals surface area contributed by atoms with E-state index in [1.807, 2.05) is 11.8 Å². The highest BCUT2D eigenvalue weighted by Crippen LogP contribution is 2.31. The molecular weight excluding hydrogens is 192 g/mol. The summed E-state index contributed by atoms with van der Waals surface area (Å²) in [5.74, 6) is 3.79. The molecular formula is C12H20OS. The Labute approximate surface area is 91.0 Å². The highest BCUT2D eigenvalue weighted by molar-refractivity contribution is 7.99. The number of allylic oxidation sites excluding steroid dienone is 2. The molecule has 0 radical (unpaired) electrons. The summed E-state index contributed by atoms with van der Waals surface area (Å²) in [4.78, 5) is 0. The first-order valence-corrected chi connectivity index (χ1v) is 6.92. The number of hydrogen-bond acceptors (Lipinski definition) is 2. The lowest BCUT2D eigenvalue weighted by Gasteiger charge is -2.27. The molecule has 0 aromatic carbocycles. The minimum atomic E-state index is -0.0345. The zero-order chi connectivity index (χ0) is 9.80. The van der Waals surface area contributed by atoms with Crippen molar-refractivity contribution >= 4 is 11.8 Å². The van der Waals surface area contributed by atoms with Crippen LogP contribution in [0.1, 0.15) is 32.1 Å². The number of rotatable bonds is 3. The zero-order valence-corrected chi connectivity index (χ0v) is 9.51. The smallest absolute Gasteiger partial charge is 0.0579 e. The largest absolute Gasteiger partial charge is 0.393 e. The molecule has 0 saturated carbocycles. The van der Waals surface area contributed by atoms with E-state index in [1.54, 1.807) is 0 Å². The Morgan fingerprint density at radius 2 is 2.14 bits per heavy atom. The van der Waals surface area contributed by atoms with Crippen LogP contribution in [0.15, 0.2) is 12.2 Å².